The smallest absolute Gasteiger partial charge is 0.449 e. The molecule has 1 N–H and O–H groups in total. The number of hydrogen-bond donors (Lipinski definition) is 1. The number of piperazine rings is 1. The van der Waals surface area contributed by atoms with Crippen molar-refractivity contribution in [3.05, 3.63) is 58.6 Å². The standard InChI is InChI=1S/C21H21ClN2O4/c1-14-16-12-20(28-21(25)26)27-19(16)7-6-18(14)24-10-8-23(9-11-24)13-15-4-2-3-5-17(15)22/h2-7,12H,8-11,13H2,1H3,(H,25,26). The van der Waals surface area contributed by atoms with Gasteiger partial charge >= 0.3 is 6.16 Å². The van der Waals surface area contributed by atoms with E-state index < -0.39 is 6.16 Å². The minimum absolute atomic E-state index is 0.00712. The lowest BCUT2D eigenvalue weighted by molar-refractivity contribution is 0.134. The maximum absolute atomic E-state index is 10.7. The van der Waals surface area contributed by atoms with Gasteiger partial charge in [-0.1, -0.05) is 29.8 Å². The van der Waals surface area contributed by atoms with Crippen LogP contribution in [0.3, 0.4) is 0 Å². The molecule has 4 rings (SSSR count). The molecule has 1 aliphatic heterocycles. The first-order valence-electron chi connectivity index (χ1n) is 9.16. The summed E-state index contributed by atoms with van der Waals surface area (Å²) in [4.78, 5) is 15.5. The summed E-state index contributed by atoms with van der Waals surface area (Å²) in [6.07, 6.45) is -1.38. The molecule has 6 nitrogen and oxygen atoms in total. The van der Waals surface area contributed by atoms with Crippen LogP contribution < -0.4 is 9.64 Å². The van der Waals surface area contributed by atoms with E-state index in [0.29, 0.717) is 5.58 Å². The number of aryl methyl sites for hydroxylation is 1. The summed E-state index contributed by atoms with van der Waals surface area (Å²) in [7, 11) is 0. The lowest BCUT2D eigenvalue weighted by Gasteiger charge is -2.37. The molecule has 1 aliphatic rings. The van der Waals surface area contributed by atoms with Crippen LogP contribution in [0.2, 0.25) is 5.02 Å². The Morgan fingerprint density at radius 3 is 2.64 bits per heavy atom. The summed E-state index contributed by atoms with van der Waals surface area (Å²) < 4.78 is 10.1. The van der Waals surface area contributed by atoms with Gasteiger partial charge < -0.3 is 19.2 Å². The van der Waals surface area contributed by atoms with Crippen molar-refractivity contribution in [1.82, 2.24) is 4.90 Å². The molecule has 1 fully saturated rings. The Balaban J connectivity index is 1.47. The number of anilines is 1. The fraction of sp³-hybridized carbons (Fsp3) is 0.286. The first kappa shape index (κ1) is 18.7. The molecule has 0 unspecified atom stereocenters. The summed E-state index contributed by atoms with van der Waals surface area (Å²) >= 11 is 6.28. The van der Waals surface area contributed by atoms with Crippen molar-refractivity contribution < 1.29 is 19.1 Å². The molecule has 0 saturated carbocycles. The second-order valence-electron chi connectivity index (χ2n) is 6.91. The highest BCUT2D eigenvalue weighted by atomic mass is 35.5. The van der Waals surface area contributed by atoms with Gasteiger partial charge in [0.2, 0.25) is 0 Å². The number of nitrogens with zero attached hydrogens (tertiary/aromatic N) is 2. The van der Waals surface area contributed by atoms with Crippen molar-refractivity contribution in [2.45, 2.75) is 13.5 Å². The van der Waals surface area contributed by atoms with Gasteiger partial charge in [-0.2, -0.15) is 0 Å². The molecule has 0 spiro atoms. The Morgan fingerprint density at radius 2 is 1.93 bits per heavy atom. The van der Waals surface area contributed by atoms with E-state index in [1.165, 1.54) is 0 Å². The molecule has 0 atom stereocenters. The molecular formula is C21H21ClN2O4. The third-order valence-electron chi connectivity index (χ3n) is 5.17. The zero-order valence-electron chi connectivity index (χ0n) is 15.5. The van der Waals surface area contributed by atoms with Crippen LogP contribution in [0.25, 0.3) is 11.0 Å². The number of benzene rings is 2. The van der Waals surface area contributed by atoms with Crippen LogP contribution in [0.1, 0.15) is 11.1 Å². The summed E-state index contributed by atoms with van der Waals surface area (Å²) in [5, 5.41) is 10.4. The number of furan rings is 1. The number of rotatable bonds is 4. The third-order valence-corrected chi connectivity index (χ3v) is 5.54. The van der Waals surface area contributed by atoms with Crippen LogP contribution in [-0.2, 0) is 6.54 Å². The minimum atomic E-state index is -1.38. The van der Waals surface area contributed by atoms with E-state index in [4.69, 9.17) is 21.1 Å². The lowest BCUT2D eigenvalue weighted by atomic mass is 10.1. The molecule has 2 heterocycles. The van der Waals surface area contributed by atoms with Crippen LogP contribution in [0.5, 0.6) is 5.95 Å². The summed E-state index contributed by atoms with van der Waals surface area (Å²) in [6, 6.07) is 13.5. The maximum Gasteiger partial charge on any atom is 0.513 e. The first-order valence-corrected chi connectivity index (χ1v) is 9.53. The predicted molar refractivity (Wildman–Crippen MR) is 109 cm³/mol. The zero-order valence-corrected chi connectivity index (χ0v) is 16.3. The van der Waals surface area contributed by atoms with Gasteiger partial charge in [-0.3, -0.25) is 4.90 Å². The van der Waals surface area contributed by atoms with Crippen LogP contribution in [-0.4, -0.2) is 42.3 Å². The van der Waals surface area contributed by atoms with Gasteiger partial charge in [0.05, 0.1) is 0 Å². The van der Waals surface area contributed by atoms with Gasteiger partial charge in [0.15, 0.2) is 0 Å². The molecule has 3 aromatic rings. The number of carboxylic acid groups (broad SMARTS) is 1. The highest BCUT2D eigenvalue weighted by Gasteiger charge is 2.21. The van der Waals surface area contributed by atoms with Gasteiger partial charge in [0.1, 0.15) is 5.58 Å². The molecular weight excluding hydrogens is 380 g/mol. The van der Waals surface area contributed by atoms with Crippen molar-refractivity contribution in [1.29, 1.82) is 0 Å². The van der Waals surface area contributed by atoms with Crippen molar-refractivity contribution in [2.75, 3.05) is 31.1 Å². The topological polar surface area (TPSA) is 66.2 Å². The van der Waals surface area contributed by atoms with Crippen molar-refractivity contribution in [2.24, 2.45) is 0 Å². The van der Waals surface area contributed by atoms with Gasteiger partial charge in [-0.15, -0.1) is 0 Å². The summed E-state index contributed by atoms with van der Waals surface area (Å²) in [5.41, 5.74) is 3.96. The fourth-order valence-electron chi connectivity index (χ4n) is 3.71. The number of hydrogen-bond acceptors (Lipinski definition) is 5. The number of fused-ring (bicyclic) bond motifs is 1. The zero-order chi connectivity index (χ0) is 19.7. The highest BCUT2D eigenvalue weighted by molar-refractivity contribution is 6.31. The lowest BCUT2D eigenvalue weighted by Crippen LogP contribution is -2.46. The second-order valence-corrected chi connectivity index (χ2v) is 7.32. The Kier molecular flexibility index (Phi) is 5.15. The molecule has 0 bridgehead atoms. The van der Waals surface area contributed by atoms with Crippen LogP contribution in [0.4, 0.5) is 10.5 Å². The van der Waals surface area contributed by atoms with Crippen molar-refractivity contribution >= 4 is 34.4 Å². The average Bonchev–Trinajstić information content (AvgIpc) is 3.07. The third kappa shape index (κ3) is 3.79. The SMILES string of the molecule is Cc1c(N2CCN(Cc3ccccc3Cl)CC2)ccc2oc(OC(=O)O)cc12. The average molecular weight is 401 g/mol. The van der Waals surface area contributed by atoms with E-state index in [0.717, 1.165) is 59.9 Å². The molecule has 1 saturated heterocycles. The Bertz CT molecular complexity index is 1010. The molecule has 0 radical (unpaired) electrons. The van der Waals surface area contributed by atoms with Gasteiger partial charge in [0, 0.05) is 54.9 Å². The van der Waals surface area contributed by atoms with E-state index in [9.17, 15) is 4.79 Å². The Labute approximate surface area is 167 Å². The number of carbonyl (C=O) groups is 1. The van der Waals surface area contributed by atoms with E-state index in [2.05, 4.69) is 20.6 Å². The van der Waals surface area contributed by atoms with Crippen LogP contribution in [0.15, 0.2) is 46.9 Å². The van der Waals surface area contributed by atoms with E-state index in [-0.39, 0.29) is 5.95 Å². The molecule has 28 heavy (non-hydrogen) atoms. The van der Waals surface area contributed by atoms with Crippen LogP contribution >= 0.6 is 11.6 Å². The van der Waals surface area contributed by atoms with E-state index >= 15 is 0 Å². The molecule has 2 aromatic carbocycles. The Morgan fingerprint density at radius 1 is 1.18 bits per heavy atom. The molecule has 0 amide bonds. The van der Waals surface area contributed by atoms with Gasteiger partial charge in [-0.25, -0.2) is 4.79 Å². The van der Waals surface area contributed by atoms with Crippen LogP contribution in [0, 0.1) is 6.92 Å². The van der Waals surface area contributed by atoms with Gasteiger partial charge in [-0.05, 0) is 36.2 Å². The maximum atomic E-state index is 10.7. The second kappa shape index (κ2) is 7.73. The quantitative estimate of drug-likeness (QED) is 0.636. The monoisotopic (exact) mass is 400 g/mol. The molecule has 146 valence electrons. The highest BCUT2D eigenvalue weighted by Crippen LogP contribution is 2.34. The van der Waals surface area contributed by atoms with Crippen molar-refractivity contribution in [3.63, 3.8) is 0 Å². The van der Waals surface area contributed by atoms with Gasteiger partial charge in [0.25, 0.3) is 5.95 Å². The predicted octanol–water partition coefficient (Wildman–Crippen LogP) is 4.77. The fourth-order valence-corrected chi connectivity index (χ4v) is 3.91. The van der Waals surface area contributed by atoms with E-state index in [1.807, 2.05) is 37.3 Å². The minimum Gasteiger partial charge on any atom is -0.449 e. The molecule has 7 heteroatoms. The first-order chi connectivity index (χ1) is 13.5. The Hall–Kier alpha value is -2.70. The molecule has 0 aliphatic carbocycles. The number of ether oxygens (including phenoxy) is 1. The largest absolute Gasteiger partial charge is 0.513 e. The summed E-state index contributed by atoms with van der Waals surface area (Å²) in [5.74, 6) is -0.00712. The summed E-state index contributed by atoms with van der Waals surface area (Å²) in [6.45, 7) is 6.58. The van der Waals surface area contributed by atoms with Crippen molar-refractivity contribution in [3.8, 4) is 5.95 Å². The molecule has 1 aromatic heterocycles. The number of halogens is 1. The normalized spacial score (nSPS) is 15.1. The van der Waals surface area contributed by atoms with E-state index in [1.54, 1.807) is 6.07 Å².